The molecule has 8 heteroatoms. The number of benzene rings is 2. The van der Waals surface area contributed by atoms with Crippen LogP contribution in [-0.4, -0.2) is 54.2 Å². The number of ether oxygens (including phenoxy) is 3. The standard InChI is InChI=1S/C24H25N3O5/c1-29-19-5-2-17(3-6-19)24-25-22(32-26-24)15-27-10-8-16(9-11-27)23(28)18-4-7-20-21(14-18)31-13-12-30-20/h2-7,14,16H,8-13,15H2,1H3. The van der Waals surface area contributed by atoms with Gasteiger partial charge in [0.25, 0.3) is 0 Å². The highest BCUT2D eigenvalue weighted by atomic mass is 16.6. The molecule has 0 N–H and O–H groups in total. The van der Waals surface area contributed by atoms with E-state index in [0.717, 1.165) is 37.2 Å². The number of hydrogen-bond acceptors (Lipinski definition) is 8. The molecule has 3 aromatic rings. The summed E-state index contributed by atoms with van der Waals surface area (Å²) in [4.78, 5) is 19.8. The average molecular weight is 435 g/mol. The number of nitrogens with zero attached hydrogens (tertiary/aromatic N) is 3. The van der Waals surface area contributed by atoms with Crippen LogP contribution in [0.25, 0.3) is 11.4 Å². The third-order valence-electron chi connectivity index (χ3n) is 5.96. The third-order valence-corrected chi connectivity index (χ3v) is 5.96. The molecule has 2 aromatic carbocycles. The molecule has 8 nitrogen and oxygen atoms in total. The van der Waals surface area contributed by atoms with E-state index in [1.807, 2.05) is 42.5 Å². The maximum absolute atomic E-state index is 13.0. The van der Waals surface area contributed by atoms with Crippen LogP contribution in [0.1, 0.15) is 29.1 Å². The van der Waals surface area contributed by atoms with Gasteiger partial charge in [0.05, 0.1) is 13.7 Å². The molecule has 2 aliphatic heterocycles. The SMILES string of the molecule is COc1ccc(-c2noc(CN3CCC(C(=O)c4ccc5c(c4)OCCO5)CC3)n2)cc1. The summed E-state index contributed by atoms with van der Waals surface area (Å²) in [6.07, 6.45) is 1.60. The Kier molecular flexibility index (Phi) is 5.77. The first kappa shape index (κ1) is 20.5. The van der Waals surface area contributed by atoms with Gasteiger partial charge >= 0.3 is 0 Å². The van der Waals surface area contributed by atoms with Crippen molar-refractivity contribution in [2.75, 3.05) is 33.4 Å². The molecule has 0 radical (unpaired) electrons. The lowest BCUT2D eigenvalue weighted by molar-refractivity contribution is 0.0824. The number of rotatable bonds is 6. The van der Waals surface area contributed by atoms with Crippen molar-refractivity contribution in [1.29, 1.82) is 0 Å². The topological polar surface area (TPSA) is 86.9 Å². The molecule has 0 unspecified atom stereocenters. The highest BCUT2D eigenvalue weighted by Gasteiger charge is 2.27. The number of piperidine rings is 1. The third kappa shape index (κ3) is 4.31. The van der Waals surface area contributed by atoms with Crippen molar-refractivity contribution in [3.05, 3.63) is 53.9 Å². The summed E-state index contributed by atoms with van der Waals surface area (Å²) >= 11 is 0. The summed E-state index contributed by atoms with van der Waals surface area (Å²) in [6, 6.07) is 13.0. The van der Waals surface area contributed by atoms with Gasteiger partial charge < -0.3 is 18.7 Å². The molecule has 0 saturated carbocycles. The van der Waals surface area contributed by atoms with E-state index < -0.39 is 0 Å². The maximum atomic E-state index is 13.0. The van der Waals surface area contributed by atoms with Crippen LogP contribution in [0.15, 0.2) is 47.0 Å². The van der Waals surface area contributed by atoms with E-state index >= 15 is 0 Å². The Balaban J connectivity index is 1.16. The van der Waals surface area contributed by atoms with Gasteiger partial charge in [0.1, 0.15) is 19.0 Å². The lowest BCUT2D eigenvalue weighted by atomic mass is 9.88. The van der Waals surface area contributed by atoms with E-state index in [0.29, 0.717) is 48.5 Å². The zero-order chi connectivity index (χ0) is 21.9. The monoisotopic (exact) mass is 435 g/mol. The van der Waals surface area contributed by atoms with E-state index in [1.165, 1.54) is 0 Å². The zero-order valence-corrected chi connectivity index (χ0v) is 18.0. The highest BCUT2D eigenvalue weighted by Crippen LogP contribution is 2.32. The van der Waals surface area contributed by atoms with Gasteiger partial charge in [0, 0.05) is 17.0 Å². The first-order valence-electron chi connectivity index (χ1n) is 10.8. The van der Waals surface area contributed by atoms with Gasteiger partial charge in [-0.25, -0.2) is 0 Å². The fourth-order valence-corrected chi connectivity index (χ4v) is 4.15. The molecule has 0 aliphatic carbocycles. The lowest BCUT2D eigenvalue weighted by Crippen LogP contribution is -2.36. The molecule has 1 fully saturated rings. The number of likely N-dealkylation sites (tertiary alicyclic amines) is 1. The summed E-state index contributed by atoms with van der Waals surface area (Å²) in [6.45, 7) is 3.25. The lowest BCUT2D eigenvalue weighted by Gasteiger charge is -2.30. The van der Waals surface area contributed by atoms with E-state index in [1.54, 1.807) is 7.11 Å². The van der Waals surface area contributed by atoms with Crippen LogP contribution in [0.3, 0.4) is 0 Å². The van der Waals surface area contributed by atoms with Crippen LogP contribution >= 0.6 is 0 Å². The van der Waals surface area contributed by atoms with E-state index in [4.69, 9.17) is 18.7 Å². The summed E-state index contributed by atoms with van der Waals surface area (Å²) in [5, 5.41) is 4.10. The van der Waals surface area contributed by atoms with Crippen molar-refractivity contribution in [1.82, 2.24) is 15.0 Å². The van der Waals surface area contributed by atoms with Gasteiger partial charge in [-0.1, -0.05) is 5.16 Å². The van der Waals surface area contributed by atoms with E-state index in [-0.39, 0.29) is 11.7 Å². The Labute approximate surface area is 186 Å². The van der Waals surface area contributed by atoms with Gasteiger partial charge in [-0.2, -0.15) is 4.98 Å². The number of methoxy groups -OCH3 is 1. The largest absolute Gasteiger partial charge is 0.497 e. The first-order chi connectivity index (χ1) is 15.7. The van der Waals surface area contributed by atoms with Crippen molar-refractivity contribution < 1.29 is 23.5 Å². The Morgan fingerprint density at radius 1 is 1.06 bits per heavy atom. The summed E-state index contributed by atoms with van der Waals surface area (Å²) in [7, 11) is 1.63. The van der Waals surface area contributed by atoms with Crippen molar-refractivity contribution in [3.63, 3.8) is 0 Å². The molecule has 0 atom stereocenters. The Bertz CT molecular complexity index is 1090. The number of Topliss-reactive ketones (excluding diaryl/α,β-unsaturated/α-hetero) is 1. The Hall–Kier alpha value is -3.39. The van der Waals surface area contributed by atoms with Crippen LogP contribution in [0.4, 0.5) is 0 Å². The van der Waals surface area contributed by atoms with Crippen molar-refractivity contribution >= 4 is 5.78 Å². The molecule has 32 heavy (non-hydrogen) atoms. The van der Waals surface area contributed by atoms with Crippen LogP contribution in [0.5, 0.6) is 17.2 Å². The second kappa shape index (κ2) is 9.00. The molecule has 1 saturated heterocycles. The van der Waals surface area contributed by atoms with Crippen LogP contribution < -0.4 is 14.2 Å². The number of fused-ring (bicyclic) bond motifs is 1. The van der Waals surface area contributed by atoms with Crippen LogP contribution in [0, 0.1) is 5.92 Å². The fraction of sp³-hybridized carbons (Fsp3) is 0.375. The second-order valence-electron chi connectivity index (χ2n) is 8.01. The quantitative estimate of drug-likeness (QED) is 0.543. The second-order valence-corrected chi connectivity index (χ2v) is 8.01. The molecule has 0 spiro atoms. The first-order valence-corrected chi connectivity index (χ1v) is 10.8. The molecule has 5 rings (SSSR count). The predicted octanol–water partition coefficient (Wildman–Crippen LogP) is 3.61. The van der Waals surface area contributed by atoms with Gasteiger partial charge in [-0.3, -0.25) is 9.69 Å². The highest BCUT2D eigenvalue weighted by molar-refractivity contribution is 5.98. The fourth-order valence-electron chi connectivity index (χ4n) is 4.15. The Morgan fingerprint density at radius 2 is 1.81 bits per heavy atom. The number of carbonyl (C=O) groups excluding carboxylic acids is 1. The number of aromatic nitrogens is 2. The minimum absolute atomic E-state index is 0.00588. The summed E-state index contributed by atoms with van der Waals surface area (Å²) in [5.41, 5.74) is 1.57. The maximum Gasteiger partial charge on any atom is 0.241 e. The predicted molar refractivity (Wildman–Crippen MR) is 116 cm³/mol. The van der Waals surface area contributed by atoms with Gasteiger partial charge in [-0.05, 0) is 68.4 Å². The summed E-state index contributed by atoms with van der Waals surface area (Å²) in [5.74, 6) is 3.46. The van der Waals surface area contributed by atoms with Gasteiger partial charge in [0.15, 0.2) is 17.3 Å². The minimum atomic E-state index is 0.00588. The van der Waals surface area contributed by atoms with E-state index in [9.17, 15) is 4.79 Å². The minimum Gasteiger partial charge on any atom is -0.497 e. The van der Waals surface area contributed by atoms with Gasteiger partial charge in [-0.15, -0.1) is 0 Å². The number of carbonyl (C=O) groups is 1. The Morgan fingerprint density at radius 3 is 2.56 bits per heavy atom. The molecule has 1 aromatic heterocycles. The normalized spacial score (nSPS) is 16.7. The molecule has 0 amide bonds. The number of ketones is 1. The molecule has 0 bridgehead atoms. The molecule has 166 valence electrons. The molecular weight excluding hydrogens is 410 g/mol. The van der Waals surface area contributed by atoms with Crippen molar-refractivity contribution in [2.24, 2.45) is 5.92 Å². The molecule has 3 heterocycles. The van der Waals surface area contributed by atoms with Crippen molar-refractivity contribution in [3.8, 4) is 28.6 Å². The van der Waals surface area contributed by atoms with E-state index in [2.05, 4.69) is 15.0 Å². The smallest absolute Gasteiger partial charge is 0.241 e. The molecule has 2 aliphatic rings. The van der Waals surface area contributed by atoms with Gasteiger partial charge in [0.2, 0.25) is 11.7 Å². The van der Waals surface area contributed by atoms with Crippen LogP contribution in [-0.2, 0) is 6.54 Å². The zero-order valence-electron chi connectivity index (χ0n) is 18.0. The van der Waals surface area contributed by atoms with Crippen molar-refractivity contribution in [2.45, 2.75) is 19.4 Å². The summed E-state index contributed by atoms with van der Waals surface area (Å²) < 4.78 is 21.8. The number of hydrogen-bond donors (Lipinski definition) is 0. The van der Waals surface area contributed by atoms with Crippen LogP contribution in [0.2, 0.25) is 0 Å². The average Bonchev–Trinajstić information content (AvgIpc) is 3.32. The molecular formula is C24H25N3O5.